The number of rotatable bonds is 0. The molecule has 0 radical (unpaired) electrons. The molecule has 0 saturated heterocycles. The minimum atomic E-state index is -3.99. The van der Waals surface area contributed by atoms with Crippen molar-refractivity contribution in [3.8, 4) is 0 Å². The first kappa shape index (κ1) is 10.9. The third-order valence-electron chi connectivity index (χ3n) is 3.45. The van der Waals surface area contributed by atoms with E-state index < -0.39 is 12.1 Å². The molecule has 0 spiro atoms. The van der Waals surface area contributed by atoms with Gasteiger partial charge in [0, 0.05) is 0 Å². The second-order valence-corrected chi connectivity index (χ2v) is 4.55. The average molecular weight is 194 g/mol. The Bertz CT molecular complexity index is 173. The molecule has 0 N–H and O–H groups in total. The van der Waals surface area contributed by atoms with Crippen LogP contribution in [0.2, 0.25) is 0 Å². The first-order valence-corrected chi connectivity index (χ1v) is 4.89. The predicted molar refractivity (Wildman–Crippen MR) is 46.3 cm³/mol. The highest BCUT2D eigenvalue weighted by atomic mass is 19.4. The lowest BCUT2D eigenvalue weighted by atomic mass is 9.70. The van der Waals surface area contributed by atoms with E-state index in [1.807, 2.05) is 13.8 Å². The molecule has 0 aliphatic heterocycles. The molecule has 1 fully saturated rings. The van der Waals surface area contributed by atoms with Crippen molar-refractivity contribution in [2.45, 2.75) is 39.8 Å². The summed E-state index contributed by atoms with van der Waals surface area (Å²) < 4.78 is 37.5. The first-order chi connectivity index (χ1) is 5.82. The van der Waals surface area contributed by atoms with E-state index in [2.05, 4.69) is 0 Å². The van der Waals surface area contributed by atoms with E-state index in [4.69, 9.17) is 0 Å². The lowest BCUT2D eigenvalue weighted by Crippen LogP contribution is -2.37. The quantitative estimate of drug-likeness (QED) is 0.549. The summed E-state index contributed by atoms with van der Waals surface area (Å²) in [6, 6.07) is 0. The van der Waals surface area contributed by atoms with Gasteiger partial charge in [-0.15, -0.1) is 0 Å². The highest BCUT2D eigenvalue weighted by molar-refractivity contribution is 4.83. The largest absolute Gasteiger partial charge is 0.392 e. The van der Waals surface area contributed by atoms with Crippen LogP contribution in [-0.4, -0.2) is 6.18 Å². The van der Waals surface area contributed by atoms with Gasteiger partial charge in [0.25, 0.3) is 0 Å². The number of hydrogen-bond donors (Lipinski definition) is 0. The number of alkyl halides is 3. The molecule has 4 atom stereocenters. The fourth-order valence-corrected chi connectivity index (χ4v) is 2.30. The van der Waals surface area contributed by atoms with E-state index in [-0.39, 0.29) is 11.8 Å². The second-order valence-electron chi connectivity index (χ2n) is 4.55. The van der Waals surface area contributed by atoms with Crippen molar-refractivity contribution in [3.05, 3.63) is 0 Å². The summed E-state index contributed by atoms with van der Waals surface area (Å²) in [5.41, 5.74) is 0. The molecule has 1 rings (SSSR count). The number of halogens is 3. The summed E-state index contributed by atoms with van der Waals surface area (Å²) in [5, 5.41) is 0. The highest BCUT2D eigenvalue weighted by Gasteiger charge is 2.46. The van der Waals surface area contributed by atoms with Crippen molar-refractivity contribution in [1.29, 1.82) is 0 Å². The molecule has 2 unspecified atom stereocenters. The van der Waals surface area contributed by atoms with Crippen LogP contribution in [0.5, 0.6) is 0 Å². The lowest BCUT2D eigenvalue weighted by Gasteiger charge is -2.38. The van der Waals surface area contributed by atoms with Gasteiger partial charge in [0.2, 0.25) is 0 Å². The van der Waals surface area contributed by atoms with Gasteiger partial charge in [-0.3, -0.25) is 0 Å². The Morgan fingerprint density at radius 2 is 1.31 bits per heavy atom. The van der Waals surface area contributed by atoms with Gasteiger partial charge in [-0.05, 0) is 30.6 Å². The zero-order valence-electron chi connectivity index (χ0n) is 8.36. The topological polar surface area (TPSA) is 0 Å². The van der Waals surface area contributed by atoms with Gasteiger partial charge in [-0.2, -0.15) is 13.2 Å². The summed E-state index contributed by atoms with van der Waals surface area (Å²) in [7, 11) is 0. The van der Waals surface area contributed by atoms with Crippen LogP contribution in [0.3, 0.4) is 0 Å². The molecule has 1 aliphatic carbocycles. The SMILES string of the molecule is CC1C[C@@H](C)[C@@H](C)CC1C(F)(F)F. The molecule has 0 aromatic carbocycles. The van der Waals surface area contributed by atoms with Crippen molar-refractivity contribution in [2.75, 3.05) is 0 Å². The first-order valence-electron chi connectivity index (χ1n) is 4.89. The average Bonchev–Trinajstić information content (AvgIpc) is 1.94. The molecule has 0 amide bonds. The third-order valence-corrected chi connectivity index (χ3v) is 3.45. The van der Waals surface area contributed by atoms with Crippen LogP contribution in [0.25, 0.3) is 0 Å². The zero-order valence-corrected chi connectivity index (χ0v) is 8.36. The van der Waals surface area contributed by atoms with E-state index in [0.717, 1.165) is 0 Å². The second kappa shape index (κ2) is 3.50. The minimum Gasteiger partial charge on any atom is -0.171 e. The number of hydrogen-bond acceptors (Lipinski definition) is 0. The molecule has 0 nitrogen and oxygen atoms in total. The zero-order chi connectivity index (χ0) is 10.2. The van der Waals surface area contributed by atoms with Gasteiger partial charge in [-0.25, -0.2) is 0 Å². The lowest BCUT2D eigenvalue weighted by molar-refractivity contribution is -0.201. The van der Waals surface area contributed by atoms with Crippen LogP contribution in [0.15, 0.2) is 0 Å². The van der Waals surface area contributed by atoms with Gasteiger partial charge in [0.15, 0.2) is 0 Å². The maximum absolute atomic E-state index is 12.5. The van der Waals surface area contributed by atoms with Crippen LogP contribution in [-0.2, 0) is 0 Å². The fraction of sp³-hybridized carbons (Fsp3) is 1.00. The Morgan fingerprint density at radius 1 is 0.846 bits per heavy atom. The van der Waals surface area contributed by atoms with E-state index in [9.17, 15) is 13.2 Å². The third kappa shape index (κ3) is 2.38. The summed E-state index contributed by atoms with van der Waals surface area (Å²) >= 11 is 0. The maximum Gasteiger partial charge on any atom is 0.392 e. The van der Waals surface area contributed by atoms with E-state index in [0.29, 0.717) is 18.8 Å². The van der Waals surface area contributed by atoms with E-state index in [1.54, 1.807) is 6.92 Å². The van der Waals surface area contributed by atoms with Crippen molar-refractivity contribution in [1.82, 2.24) is 0 Å². The van der Waals surface area contributed by atoms with Crippen LogP contribution >= 0.6 is 0 Å². The molecule has 0 aromatic rings. The Kier molecular flexibility index (Phi) is 2.93. The molecule has 3 heteroatoms. The predicted octanol–water partition coefficient (Wildman–Crippen LogP) is 3.87. The van der Waals surface area contributed by atoms with Crippen molar-refractivity contribution < 1.29 is 13.2 Å². The molecule has 1 saturated carbocycles. The monoisotopic (exact) mass is 194 g/mol. The van der Waals surface area contributed by atoms with Crippen LogP contribution in [0.4, 0.5) is 13.2 Å². The maximum atomic E-state index is 12.5. The van der Waals surface area contributed by atoms with Gasteiger partial charge >= 0.3 is 6.18 Å². The normalized spacial score (nSPS) is 42.0. The van der Waals surface area contributed by atoms with E-state index in [1.165, 1.54) is 0 Å². The molecule has 0 bridgehead atoms. The van der Waals surface area contributed by atoms with Crippen LogP contribution in [0, 0.1) is 23.7 Å². The highest BCUT2D eigenvalue weighted by Crippen LogP contribution is 2.45. The Morgan fingerprint density at radius 3 is 1.77 bits per heavy atom. The Hall–Kier alpha value is -0.210. The molecule has 1 aliphatic rings. The van der Waals surface area contributed by atoms with Gasteiger partial charge in [0.05, 0.1) is 5.92 Å². The molecule has 13 heavy (non-hydrogen) atoms. The van der Waals surface area contributed by atoms with Crippen LogP contribution < -0.4 is 0 Å². The Labute approximate surface area is 77.5 Å². The van der Waals surface area contributed by atoms with Gasteiger partial charge in [0.1, 0.15) is 0 Å². The smallest absolute Gasteiger partial charge is 0.171 e. The Balaban J connectivity index is 2.67. The molecule has 0 aromatic heterocycles. The van der Waals surface area contributed by atoms with E-state index >= 15 is 0 Å². The fourth-order valence-electron chi connectivity index (χ4n) is 2.30. The molecular weight excluding hydrogens is 177 g/mol. The van der Waals surface area contributed by atoms with Crippen molar-refractivity contribution >= 4 is 0 Å². The van der Waals surface area contributed by atoms with Crippen LogP contribution in [0.1, 0.15) is 33.6 Å². The summed E-state index contributed by atoms with van der Waals surface area (Å²) in [6.45, 7) is 5.70. The summed E-state index contributed by atoms with van der Waals surface area (Å²) in [6.07, 6.45) is -2.97. The van der Waals surface area contributed by atoms with Crippen molar-refractivity contribution in [2.24, 2.45) is 23.7 Å². The minimum absolute atomic E-state index is 0.203. The molecule has 78 valence electrons. The summed E-state index contributed by atoms with van der Waals surface area (Å²) in [5.74, 6) is -0.624. The standard InChI is InChI=1S/C10H17F3/c1-6-4-8(3)9(5-7(6)2)10(11,12)13/h6-9H,4-5H2,1-3H3/t6-,7+,8?,9?/m1/s1. The van der Waals surface area contributed by atoms with Gasteiger partial charge in [-0.1, -0.05) is 20.8 Å². The molecule has 0 heterocycles. The van der Waals surface area contributed by atoms with Crippen molar-refractivity contribution in [3.63, 3.8) is 0 Å². The summed E-state index contributed by atoms with van der Waals surface area (Å²) in [4.78, 5) is 0. The molecular formula is C10H17F3. The van der Waals surface area contributed by atoms with Gasteiger partial charge < -0.3 is 0 Å².